The summed E-state index contributed by atoms with van der Waals surface area (Å²) in [6, 6.07) is 11.9. The maximum Gasteiger partial charge on any atom is 0.254 e. The number of nitrogens with zero attached hydrogens (tertiary/aromatic N) is 2. The fraction of sp³-hybridized carbons (Fsp3) is 0.409. The Kier molecular flexibility index (Phi) is 5.99. The summed E-state index contributed by atoms with van der Waals surface area (Å²) in [5, 5.41) is 0. The Morgan fingerprint density at radius 2 is 1.74 bits per heavy atom. The number of carbonyl (C=O) groups is 1. The third kappa shape index (κ3) is 4.59. The normalized spacial score (nSPS) is 14.8. The molecule has 0 aromatic heterocycles. The smallest absolute Gasteiger partial charge is 0.254 e. The second-order valence-corrected chi connectivity index (χ2v) is 7.51. The zero-order valence-electron chi connectivity index (χ0n) is 16.1. The maximum atomic E-state index is 13.3. The number of hydrogen-bond donors (Lipinski definition) is 1. The summed E-state index contributed by atoms with van der Waals surface area (Å²) in [4.78, 5) is 17.3. The van der Waals surface area contributed by atoms with Crippen molar-refractivity contribution in [3.63, 3.8) is 0 Å². The lowest BCUT2D eigenvalue weighted by atomic mass is 9.93. The topological polar surface area (TPSA) is 49.6 Å². The van der Waals surface area contributed by atoms with Crippen LogP contribution in [0.25, 0.3) is 0 Å². The number of carbonyl (C=O) groups excluding carboxylic acids is 1. The zero-order valence-corrected chi connectivity index (χ0v) is 16.1. The molecule has 0 unspecified atom stereocenters. The largest absolute Gasteiger partial charge is 0.399 e. The standard InChI is InChI=1S/C22H28FN3O/c1-25(2)21-13-12-19(24)14-17(21)15-26(20-6-4-3-5-7-20)22(27)16-8-10-18(23)11-9-16/h8-14,20H,3-7,15,24H2,1-2H3. The van der Waals surface area contributed by atoms with Crippen LogP contribution in [-0.2, 0) is 6.54 Å². The molecule has 1 saturated carbocycles. The van der Waals surface area contributed by atoms with Crippen LogP contribution in [0.2, 0.25) is 0 Å². The number of anilines is 2. The summed E-state index contributed by atoms with van der Waals surface area (Å²) >= 11 is 0. The number of halogens is 1. The van der Waals surface area contributed by atoms with Gasteiger partial charge in [0.05, 0.1) is 0 Å². The minimum atomic E-state index is -0.332. The van der Waals surface area contributed by atoms with E-state index in [2.05, 4.69) is 0 Å². The van der Waals surface area contributed by atoms with Crippen LogP contribution in [0.1, 0.15) is 48.0 Å². The van der Waals surface area contributed by atoms with Crippen LogP contribution in [0.4, 0.5) is 15.8 Å². The van der Waals surface area contributed by atoms with Gasteiger partial charge in [-0.25, -0.2) is 4.39 Å². The first kappa shape index (κ1) is 19.2. The predicted octanol–water partition coefficient (Wildman–Crippen LogP) is 4.45. The average molecular weight is 369 g/mol. The highest BCUT2D eigenvalue weighted by Gasteiger charge is 2.27. The second kappa shape index (κ2) is 8.42. The van der Waals surface area contributed by atoms with Crippen molar-refractivity contribution in [3.8, 4) is 0 Å². The number of nitrogen functional groups attached to an aromatic ring is 1. The van der Waals surface area contributed by atoms with Crippen LogP contribution < -0.4 is 10.6 Å². The molecule has 27 heavy (non-hydrogen) atoms. The van der Waals surface area contributed by atoms with Crippen molar-refractivity contribution in [2.75, 3.05) is 24.7 Å². The van der Waals surface area contributed by atoms with E-state index in [1.807, 2.05) is 42.1 Å². The molecular weight excluding hydrogens is 341 g/mol. The van der Waals surface area contributed by atoms with E-state index in [1.165, 1.54) is 18.6 Å². The summed E-state index contributed by atoms with van der Waals surface area (Å²) in [5.41, 5.74) is 9.32. The first-order valence-electron chi connectivity index (χ1n) is 9.58. The molecular formula is C22H28FN3O. The van der Waals surface area contributed by atoms with Gasteiger partial charge >= 0.3 is 0 Å². The highest BCUT2D eigenvalue weighted by Crippen LogP contribution is 2.29. The Labute approximate surface area is 160 Å². The maximum absolute atomic E-state index is 13.3. The monoisotopic (exact) mass is 369 g/mol. The van der Waals surface area contributed by atoms with Gasteiger partial charge in [0.2, 0.25) is 0 Å². The Morgan fingerprint density at radius 1 is 1.07 bits per heavy atom. The first-order chi connectivity index (χ1) is 13.0. The summed E-state index contributed by atoms with van der Waals surface area (Å²) in [6.45, 7) is 0.499. The molecule has 3 rings (SSSR count). The summed E-state index contributed by atoms with van der Waals surface area (Å²) in [6.07, 6.45) is 5.50. The molecule has 2 N–H and O–H groups in total. The third-order valence-electron chi connectivity index (χ3n) is 5.29. The molecule has 0 aliphatic heterocycles. The fourth-order valence-corrected chi connectivity index (χ4v) is 3.87. The van der Waals surface area contributed by atoms with E-state index in [-0.39, 0.29) is 17.8 Å². The number of hydrogen-bond acceptors (Lipinski definition) is 3. The molecule has 0 heterocycles. The molecule has 144 valence electrons. The van der Waals surface area contributed by atoms with E-state index in [1.54, 1.807) is 12.1 Å². The van der Waals surface area contributed by atoms with Gasteiger partial charge in [-0.1, -0.05) is 19.3 Å². The average Bonchev–Trinajstić information content (AvgIpc) is 2.66. The van der Waals surface area contributed by atoms with Crippen LogP contribution in [0.5, 0.6) is 0 Å². The van der Waals surface area contributed by atoms with Gasteiger partial charge in [-0.05, 0) is 60.9 Å². The second-order valence-electron chi connectivity index (χ2n) is 7.51. The lowest BCUT2D eigenvalue weighted by molar-refractivity contribution is 0.0614. The van der Waals surface area contributed by atoms with Crippen molar-refractivity contribution < 1.29 is 9.18 Å². The molecule has 0 radical (unpaired) electrons. The van der Waals surface area contributed by atoms with E-state index in [0.717, 1.165) is 36.9 Å². The van der Waals surface area contributed by atoms with Gasteiger partial charge in [-0.15, -0.1) is 0 Å². The lowest BCUT2D eigenvalue weighted by Crippen LogP contribution is -2.41. The van der Waals surface area contributed by atoms with Gasteiger partial charge in [-0.3, -0.25) is 4.79 Å². The minimum Gasteiger partial charge on any atom is -0.399 e. The van der Waals surface area contributed by atoms with Crippen LogP contribution in [0.3, 0.4) is 0 Å². The molecule has 1 aliphatic rings. The van der Waals surface area contributed by atoms with Crippen LogP contribution in [-0.4, -0.2) is 30.9 Å². The summed E-state index contributed by atoms with van der Waals surface area (Å²) in [7, 11) is 3.98. The zero-order chi connectivity index (χ0) is 19.4. The minimum absolute atomic E-state index is 0.0472. The number of rotatable bonds is 5. The van der Waals surface area contributed by atoms with Crippen molar-refractivity contribution in [2.45, 2.75) is 44.7 Å². The van der Waals surface area contributed by atoms with Gasteiger partial charge in [0, 0.05) is 43.6 Å². The van der Waals surface area contributed by atoms with E-state index >= 15 is 0 Å². The highest BCUT2D eigenvalue weighted by molar-refractivity contribution is 5.94. The van der Waals surface area contributed by atoms with Gasteiger partial charge < -0.3 is 15.5 Å². The van der Waals surface area contributed by atoms with Gasteiger partial charge in [-0.2, -0.15) is 0 Å². The molecule has 0 saturated heterocycles. The number of nitrogens with two attached hydrogens (primary N) is 1. The quantitative estimate of drug-likeness (QED) is 0.792. The highest BCUT2D eigenvalue weighted by atomic mass is 19.1. The van der Waals surface area contributed by atoms with Crippen molar-refractivity contribution in [3.05, 3.63) is 59.4 Å². The molecule has 0 atom stereocenters. The lowest BCUT2D eigenvalue weighted by Gasteiger charge is -2.35. The van der Waals surface area contributed by atoms with Gasteiger partial charge in [0.15, 0.2) is 0 Å². The van der Waals surface area contributed by atoms with Crippen molar-refractivity contribution in [1.29, 1.82) is 0 Å². The fourth-order valence-electron chi connectivity index (χ4n) is 3.87. The Morgan fingerprint density at radius 3 is 2.37 bits per heavy atom. The molecule has 2 aromatic rings. The molecule has 5 heteroatoms. The molecule has 1 aliphatic carbocycles. The van der Waals surface area contributed by atoms with E-state index in [9.17, 15) is 9.18 Å². The molecule has 0 spiro atoms. The van der Waals surface area contributed by atoms with Gasteiger partial charge in [0.25, 0.3) is 5.91 Å². The third-order valence-corrected chi connectivity index (χ3v) is 5.29. The van der Waals surface area contributed by atoms with E-state index in [0.29, 0.717) is 17.8 Å². The van der Waals surface area contributed by atoms with Crippen molar-refractivity contribution in [2.24, 2.45) is 0 Å². The summed E-state index contributed by atoms with van der Waals surface area (Å²) < 4.78 is 13.3. The van der Waals surface area contributed by atoms with E-state index < -0.39 is 0 Å². The van der Waals surface area contributed by atoms with Crippen LogP contribution in [0, 0.1) is 5.82 Å². The first-order valence-corrected chi connectivity index (χ1v) is 9.58. The van der Waals surface area contributed by atoms with E-state index in [4.69, 9.17) is 5.73 Å². The van der Waals surface area contributed by atoms with Gasteiger partial charge in [0.1, 0.15) is 5.82 Å². The Hall–Kier alpha value is -2.56. The molecule has 1 fully saturated rings. The van der Waals surface area contributed by atoms with Crippen LogP contribution >= 0.6 is 0 Å². The molecule has 4 nitrogen and oxygen atoms in total. The number of amides is 1. The summed E-state index contributed by atoms with van der Waals surface area (Å²) in [5.74, 6) is -0.379. The van der Waals surface area contributed by atoms with Crippen molar-refractivity contribution in [1.82, 2.24) is 4.90 Å². The molecule has 1 amide bonds. The molecule has 2 aromatic carbocycles. The van der Waals surface area contributed by atoms with Crippen molar-refractivity contribution >= 4 is 17.3 Å². The SMILES string of the molecule is CN(C)c1ccc(N)cc1CN(C(=O)c1ccc(F)cc1)C1CCCCC1. The Balaban J connectivity index is 1.94. The Bertz CT molecular complexity index is 783. The molecule has 0 bridgehead atoms. The van der Waals surface area contributed by atoms with Crippen LogP contribution in [0.15, 0.2) is 42.5 Å². The predicted molar refractivity (Wildman–Crippen MR) is 108 cm³/mol. The number of benzene rings is 2.